The summed E-state index contributed by atoms with van der Waals surface area (Å²) in [5.74, 6) is 0.642. The number of aromatic nitrogens is 2. The van der Waals surface area contributed by atoms with Crippen molar-refractivity contribution in [3.05, 3.63) is 75.8 Å². The Morgan fingerprint density at radius 1 is 1.15 bits per heavy atom. The van der Waals surface area contributed by atoms with E-state index in [0.29, 0.717) is 41.4 Å². The molecule has 1 atom stereocenters. The molecule has 0 radical (unpaired) electrons. The lowest BCUT2D eigenvalue weighted by molar-refractivity contribution is 0.181. The first-order chi connectivity index (χ1) is 12.6. The summed E-state index contributed by atoms with van der Waals surface area (Å²) in [7, 11) is 0. The zero-order chi connectivity index (χ0) is 18.5. The third-order valence-corrected chi connectivity index (χ3v) is 4.74. The average Bonchev–Trinajstić information content (AvgIpc) is 2.67. The number of fused-ring (bicyclic) bond motifs is 1. The van der Waals surface area contributed by atoms with Crippen molar-refractivity contribution in [2.75, 3.05) is 0 Å². The monoisotopic (exact) mass is 346 g/mol. The maximum atomic E-state index is 12.3. The summed E-state index contributed by atoms with van der Waals surface area (Å²) in [5, 5.41) is 9.94. The maximum absolute atomic E-state index is 12.3. The van der Waals surface area contributed by atoms with Crippen LogP contribution in [0.5, 0.6) is 0 Å². The fourth-order valence-corrected chi connectivity index (χ4v) is 3.01. The van der Waals surface area contributed by atoms with Crippen LogP contribution < -0.4 is 5.56 Å². The molecule has 1 aromatic heterocycles. The molecule has 0 aliphatic carbocycles. The molecule has 1 heterocycles. The van der Waals surface area contributed by atoms with E-state index in [-0.39, 0.29) is 5.56 Å². The smallest absolute Gasteiger partial charge is 0.258 e. The van der Waals surface area contributed by atoms with E-state index in [0.717, 1.165) is 12.0 Å². The molecule has 0 saturated carbocycles. The van der Waals surface area contributed by atoms with Gasteiger partial charge in [0.1, 0.15) is 5.82 Å². The third kappa shape index (κ3) is 3.81. The molecule has 0 aliphatic heterocycles. The number of aromatic amines is 1. The molecule has 0 amide bonds. The Hall–Kier alpha value is -2.97. The van der Waals surface area contributed by atoms with Gasteiger partial charge >= 0.3 is 0 Å². The van der Waals surface area contributed by atoms with Gasteiger partial charge in [0.25, 0.3) is 5.56 Å². The Morgan fingerprint density at radius 2 is 1.88 bits per heavy atom. The van der Waals surface area contributed by atoms with Crippen LogP contribution in [0.15, 0.2) is 53.3 Å². The van der Waals surface area contributed by atoms with Crippen molar-refractivity contribution in [3.63, 3.8) is 0 Å². The number of hydrogen-bond donors (Lipinski definition) is 1. The lowest BCUT2D eigenvalue weighted by Gasteiger charge is -2.28. The number of para-hydroxylation sites is 1. The molecule has 1 unspecified atom stereocenters. The highest BCUT2D eigenvalue weighted by Gasteiger charge is 2.17. The second-order valence-corrected chi connectivity index (χ2v) is 6.46. The van der Waals surface area contributed by atoms with E-state index >= 15 is 0 Å². The van der Waals surface area contributed by atoms with Crippen molar-refractivity contribution >= 4 is 10.9 Å². The van der Waals surface area contributed by atoms with Gasteiger partial charge in [0.15, 0.2) is 0 Å². The molecule has 5 nitrogen and oxygen atoms in total. The minimum absolute atomic E-state index is 0.118. The van der Waals surface area contributed by atoms with E-state index in [1.165, 1.54) is 0 Å². The van der Waals surface area contributed by atoms with Gasteiger partial charge in [0.05, 0.1) is 29.1 Å². The van der Waals surface area contributed by atoms with Crippen molar-refractivity contribution in [1.29, 1.82) is 5.26 Å². The first-order valence-corrected chi connectivity index (χ1v) is 8.82. The SMILES string of the molecule is CCC(C)N(Cc1nc2ccccc2c(=O)[nH]1)Cc1ccccc1C#N. The van der Waals surface area contributed by atoms with E-state index in [1.807, 2.05) is 42.5 Å². The van der Waals surface area contributed by atoms with Crippen LogP contribution in [0, 0.1) is 11.3 Å². The number of nitrogens with one attached hydrogen (secondary N) is 1. The molecular weight excluding hydrogens is 324 g/mol. The molecule has 3 aromatic rings. The molecule has 0 aliphatic rings. The molecule has 0 spiro atoms. The van der Waals surface area contributed by atoms with E-state index in [1.54, 1.807) is 6.07 Å². The van der Waals surface area contributed by atoms with Gasteiger partial charge in [-0.1, -0.05) is 37.3 Å². The van der Waals surface area contributed by atoms with Crippen LogP contribution in [0.1, 0.15) is 37.2 Å². The number of nitrogens with zero attached hydrogens (tertiary/aromatic N) is 3. The van der Waals surface area contributed by atoms with Gasteiger partial charge in [0, 0.05) is 12.6 Å². The predicted molar refractivity (Wildman–Crippen MR) is 103 cm³/mol. The number of nitriles is 1. The van der Waals surface area contributed by atoms with Crippen LogP contribution in [0.3, 0.4) is 0 Å². The highest BCUT2D eigenvalue weighted by molar-refractivity contribution is 5.77. The normalized spacial score (nSPS) is 12.2. The summed E-state index contributed by atoms with van der Waals surface area (Å²) < 4.78 is 0. The molecule has 1 N–H and O–H groups in total. The first-order valence-electron chi connectivity index (χ1n) is 8.82. The van der Waals surface area contributed by atoms with E-state index in [2.05, 4.69) is 34.8 Å². The molecule has 2 aromatic carbocycles. The Kier molecular flexibility index (Phi) is 5.45. The Balaban J connectivity index is 1.92. The molecule has 26 heavy (non-hydrogen) atoms. The van der Waals surface area contributed by atoms with Crippen molar-refractivity contribution in [2.45, 2.75) is 39.4 Å². The van der Waals surface area contributed by atoms with Gasteiger partial charge in [-0.15, -0.1) is 0 Å². The third-order valence-electron chi connectivity index (χ3n) is 4.74. The molecule has 5 heteroatoms. The lowest BCUT2D eigenvalue weighted by atomic mass is 10.1. The Morgan fingerprint density at radius 3 is 2.65 bits per heavy atom. The van der Waals surface area contributed by atoms with Crippen LogP contribution in [0.2, 0.25) is 0 Å². The summed E-state index contributed by atoms with van der Waals surface area (Å²) in [6.45, 7) is 5.43. The Labute approximate surface area is 152 Å². The molecule has 3 rings (SSSR count). The van der Waals surface area contributed by atoms with Crippen LogP contribution in [-0.4, -0.2) is 20.9 Å². The molecular formula is C21H22N4O. The van der Waals surface area contributed by atoms with Gasteiger partial charge in [-0.05, 0) is 37.1 Å². The van der Waals surface area contributed by atoms with Gasteiger partial charge < -0.3 is 4.98 Å². The zero-order valence-corrected chi connectivity index (χ0v) is 15.1. The largest absolute Gasteiger partial charge is 0.309 e. The van der Waals surface area contributed by atoms with Gasteiger partial charge in [-0.25, -0.2) is 4.98 Å². The van der Waals surface area contributed by atoms with Gasteiger partial charge in [-0.3, -0.25) is 9.69 Å². The van der Waals surface area contributed by atoms with E-state index in [9.17, 15) is 10.1 Å². The number of H-pyrrole nitrogens is 1. The molecule has 132 valence electrons. The van der Waals surface area contributed by atoms with E-state index in [4.69, 9.17) is 0 Å². The predicted octanol–water partition coefficient (Wildman–Crippen LogP) is 3.60. The minimum Gasteiger partial charge on any atom is -0.309 e. The highest BCUT2D eigenvalue weighted by atomic mass is 16.1. The maximum Gasteiger partial charge on any atom is 0.258 e. The number of rotatable bonds is 6. The highest BCUT2D eigenvalue weighted by Crippen LogP contribution is 2.17. The van der Waals surface area contributed by atoms with Crippen molar-refractivity contribution in [1.82, 2.24) is 14.9 Å². The van der Waals surface area contributed by atoms with Crippen LogP contribution in [0.4, 0.5) is 0 Å². The van der Waals surface area contributed by atoms with Crippen molar-refractivity contribution in [2.24, 2.45) is 0 Å². The quantitative estimate of drug-likeness (QED) is 0.740. The summed E-state index contributed by atoms with van der Waals surface area (Å²) in [5.41, 5.74) is 2.25. The summed E-state index contributed by atoms with van der Waals surface area (Å²) in [4.78, 5) is 22.1. The molecule has 0 bridgehead atoms. The topological polar surface area (TPSA) is 72.8 Å². The van der Waals surface area contributed by atoms with Crippen molar-refractivity contribution in [3.8, 4) is 6.07 Å². The van der Waals surface area contributed by atoms with Gasteiger partial charge in [0.2, 0.25) is 0 Å². The van der Waals surface area contributed by atoms with E-state index < -0.39 is 0 Å². The first kappa shape index (κ1) is 17.8. The second-order valence-electron chi connectivity index (χ2n) is 6.46. The molecule has 0 saturated heterocycles. The fourth-order valence-electron chi connectivity index (χ4n) is 3.01. The van der Waals surface area contributed by atoms with Crippen LogP contribution in [-0.2, 0) is 13.1 Å². The minimum atomic E-state index is -0.118. The summed E-state index contributed by atoms with van der Waals surface area (Å²) in [6, 6.07) is 17.5. The lowest BCUT2D eigenvalue weighted by Crippen LogP contribution is -2.33. The van der Waals surface area contributed by atoms with Crippen molar-refractivity contribution < 1.29 is 0 Å². The molecule has 0 fully saturated rings. The van der Waals surface area contributed by atoms with Crippen LogP contribution in [0.25, 0.3) is 10.9 Å². The fraction of sp³-hybridized carbons (Fsp3) is 0.286. The average molecular weight is 346 g/mol. The van der Waals surface area contributed by atoms with Crippen LogP contribution >= 0.6 is 0 Å². The Bertz CT molecular complexity index is 1000. The number of benzene rings is 2. The summed E-state index contributed by atoms with van der Waals surface area (Å²) >= 11 is 0. The zero-order valence-electron chi connectivity index (χ0n) is 15.1. The standard InChI is InChI=1S/C21H22N4O/c1-3-15(2)25(13-17-9-5-4-8-16(17)12-22)14-20-23-19-11-7-6-10-18(19)21(26)24-20/h4-11,15H,3,13-14H2,1-2H3,(H,23,24,26). The van der Waals surface area contributed by atoms with Gasteiger partial charge in [-0.2, -0.15) is 5.26 Å². The number of hydrogen-bond acceptors (Lipinski definition) is 4. The summed E-state index contributed by atoms with van der Waals surface area (Å²) in [6.07, 6.45) is 0.965. The second kappa shape index (κ2) is 7.94.